The van der Waals surface area contributed by atoms with E-state index in [0.717, 1.165) is 4.47 Å². The first-order chi connectivity index (χ1) is 7.12. The molecule has 1 unspecified atom stereocenters. The van der Waals surface area contributed by atoms with Crippen molar-refractivity contribution in [1.29, 1.82) is 0 Å². The monoisotopic (exact) mass is 267 g/mol. The second-order valence-corrected chi connectivity index (χ2v) is 4.27. The summed E-state index contributed by atoms with van der Waals surface area (Å²) in [7, 11) is 0. The van der Waals surface area contributed by atoms with Gasteiger partial charge in [-0.25, -0.2) is 0 Å². The van der Waals surface area contributed by atoms with Gasteiger partial charge in [0.15, 0.2) is 5.76 Å². The molecule has 15 heavy (non-hydrogen) atoms. The van der Waals surface area contributed by atoms with Crippen LogP contribution in [0, 0.1) is 0 Å². The van der Waals surface area contributed by atoms with Crippen LogP contribution in [0.15, 0.2) is 45.7 Å². The fourth-order valence-corrected chi connectivity index (χ4v) is 2.01. The van der Waals surface area contributed by atoms with E-state index in [-0.39, 0.29) is 0 Å². The average Bonchev–Trinajstić information content (AvgIpc) is 2.66. The normalized spacial score (nSPS) is 14.9. The van der Waals surface area contributed by atoms with Gasteiger partial charge in [-0.2, -0.15) is 0 Å². The van der Waals surface area contributed by atoms with E-state index in [1.807, 2.05) is 6.07 Å². The van der Waals surface area contributed by atoms with Gasteiger partial charge < -0.3 is 9.52 Å². The van der Waals surface area contributed by atoms with Crippen molar-refractivity contribution in [2.45, 2.75) is 12.5 Å². The number of aliphatic hydroxyl groups is 1. The van der Waals surface area contributed by atoms with Crippen LogP contribution in [-0.4, -0.2) is 10.1 Å². The third-order valence-corrected chi connectivity index (χ3v) is 2.91. The standard InChI is InChI=1S/C11H10BrNO2/c1-11(14,8-3-2-5-13-7-8)10-9(12)4-6-15-10/h2-7,14H,1H3. The predicted octanol–water partition coefficient (Wildman–Crippen LogP) is 2.69. The molecule has 0 fully saturated rings. The van der Waals surface area contributed by atoms with Crippen molar-refractivity contribution in [2.75, 3.05) is 0 Å². The second kappa shape index (κ2) is 3.79. The number of hydrogen-bond donors (Lipinski definition) is 1. The summed E-state index contributed by atoms with van der Waals surface area (Å²) in [6.45, 7) is 1.67. The molecule has 2 rings (SSSR count). The van der Waals surface area contributed by atoms with Gasteiger partial charge >= 0.3 is 0 Å². The lowest BCUT2D eigenvalue weighted by Crippen LogP contribution is -2.22. The Morgan fingerprint density at radius 1 is 1.47 bits per heavy atom. The lowest BCUT2D eigenvalue weighted by atomic mass is 9.95. The molecule has 0 aromatic carbocycles. The third kappa shape index (κ3) is 1.82. The molecule has 0 amide bonds. The van der Waals surface area contributed by atoms with Gasteiger partial charge in [0.25, 0.3) is 0 Å². The van der Waals surface area contributed by atoms with Crippen LogP contribution in [0.5, 0.6) is 0 Å². The van der Waals surface area contributed by atoms with Crippen LogP contribution >= 0.6 is 15.9 Å². The van der Waals surface area contributed by atoms with Gasteiger partial charge in [0.2, 0.25) is 0 Å². The minimum atomic E-state index is -1.17. The van der Waals surface area contributed by atoms with Crippen LogP contribution in [0.25, 0.3) is 0 Å². The molecular formula is C11H10BrNO2. The Balaban J connectivity index is 2.48. The zero-order valence-electron chi connectivity index (χ0n) is 8.14. The van der Waals surface area contributed by atoms with Crippen molar-refractivity contribution < 1.29 is 9.52 Å². The Morgan fingerprint density at radius 2 is 2.27 bits per heavy atom. The largest absolute Gasteiger partial charge is 0.465 e. The van der Waals surface area contributed by atoms with E-state index in [2.05, 4.69) is 20.9 Å². The Labute approximate surface area is 95.9 Å². The molecule has 0 radical (unpaired) electrons. The first-order valence-electron chi connectivity index (χ1n) is 4.48. The predicted molar refractivity (Wildman–Crippen MR) is 59.3 cm³/mol. The zero-order chi connectivity index (χ0) is 10.9. The number of halogens is 1. The fourth-order valence-electron chi connectivity index (χ4n) is 1.42. The van der Waals surface area contributed by atoms with E-state index >= 15 is 0 Å². The van der Waals surface area contributed by atoms with Crippen LogP contribution in [0.3, 0.4) is 0 Å². The fraction of sp³-hybridized carbons (Fsp3) is 0.182. The van der Waals surface area contributed by atoms with Crippen LogP contribution < -0.4 is 0 Å². The molecule has 4 heteroatoms. The number of furan rings is 1. The number of pyridine rings is 1. The highest BCUT2D eigenvalue weighted by atomic mass is 79.9. The zero-order valence-corrected chi connectivity index (χ0v) is 9.73. The smallest absolute Gasteiger partial charge is 0.153 e. The minimum absolute atomic E-state index is 0.482. The first kappa shape index (κ1) is 10.4. The lowest BCUT2D eigenvalue weighted by Gasteiger charge is -2.21. The van der Waals surface area contributed by atoms with Crippen molar-refractivity contribution in [3.8, 4) is 0 Å². The Hall–Kier alpha value is -1.13. The molecule has 0 aliphatic heterocycles. The molecule has 0 spiro atoms. The molecule has 0 aliphatic rings. The Bertz CT molecular complexity index is 451. The molecule has 2 aromatic heterocycles. The number of rotatable bonds is 2. The van der Waals surface area contributed by atoms with E-state index in [9.17, 15) is 5.11 Å². The van der Waals surface area contributed by atoms with E-state index in [4.69, 9.17) is 4.42 Å². The van der Waals surface area contributed by atoms with Gasteiger partial charge in [-0.15, -0.1) is 0 Å². The molecule has 0 bridgehead atoms. The first-order valence-corrected chi connectivity index (χ1v) is 5.28. The van der Waals surface area contributed by atoms with E-state index in [1.165, 1.54) is 6.26 Å². The second-order valence-electron chi connectivity index (χ2n) is 3.41. The molecule has 0 aliphatic carbocycles. The summed E-state index contributed by atoms with van der Waals surface area (Å²) < 4.78 is 6.01. The summed E-state index contributed by atoms with van der Waals surface area (Å²) in [6.07, 6.45) is 4.82. The topological polar surface area (TPSA) is 46.3 Å². The van der Waals surface area contributed by atoms with E-state index in [1.54, 1.807) is 31.5 Å². The molecule has 1 N–H and O–H groups in total. The highest BCUT2D eigenvalue weighted by Gasteiger charge is 2.31. The van der Waals surface area contributed by atoms with Crippen LogP contribution in [0.1, 0.15) is 18.2 Å². The molecular weight excluding hydrogens is 258 g/mol. The van der Waals surface area contributed by atoms with Crippen LogP contribution in [0.4, 0.5) is 0 Å². The Morgan fingerprint density at radius 3 is 2.80 bits per heavy atom. The summed E-state index contributed by atoms with van der Waals surface area (Å²) in [4.78, 5) is 3.97. The third-order valence-electron chi connectivity index (χ3n) is 2.28. The SMILES string of the molecule is CC(O)(c1cccnc1)c1occc1Br. The summed E-state index contributed by atoms with van der Waals surface area (Å²) in [5, 5.41) is 10.4. The van der Waals surface area contributed by atoms with Gasteiger partial charge in [0.05, 0.1) is 10.7 Å². The highest BCUT2D eigenvalue weighted by molar-refractivity contribution is 9.10. The molecule has 2 heterocycles. The van der Waals surface area contributed by atoms with E-state index < -0.39 is 5.60 Å². The van der Waals surface area contributed by atoms with Crippen molar-refractivity contribution in [1.82, 2.24) is 4.98 Å². The summed E-state index contributed by atoms with van der Waals surface area (Å²) in [5.74, 6) is 0.482. The molecule has 2 aromatic rings. The maximum absolute atomic E-state index is 10.4. The average molecular weight is 268 g/mol. The van der Waals surface area contributed by atoms with Crippen molar-refractivity contribution >= 4 is 15.9 Å². The van der Waals surface area contributed by atoms with Crippen molar-refractivity contribution in [3.05, 3.63) is 52.7 Å². The van der Waals surface area contributed by atoms with Crippen molar-refractivity contribution in [2.24, 2.45) is 0 Å². The van der Waals surface area contributed by atoms with Gasteiger partial charge in [-0.05, 0) is 35.0 Å². The van der Waals surface area contributed by atoms with Crippen molar-refractivity contribution in [3.63, 3.8) is 0 Å². The van der Waals surface area contributed by atoms with Crippen LogP contribution in [0.2, 0.25) is 0 Å². The summed E-state index contributed by atoms with van der Waals surface area (Å²) in [6, 6.07) is 5.34. The van der Waals surface area contributed by atoms with Gasteiger partial charge in [-0.3, -0.25) is 4.98 Å². The lowest BCUT2D eigenvalue weighted by molar-refractivity contribution is 0.0754. The summed E-state index contributed by atoms with van der Waals surface area (Å²) in [5.41, 5.74) is -0.475. The Kier molecular flexibility index (Phi) is 2.63. The minimum Gasteiger partial charge on any atom is -0.465 e. The van der Waals surface area contributed by atoms with Gasteiger partial charge in [0, 0.05) is 18.0 Å². The summed E-state index contributed by atoms with van der Waals surface area (Å²) >= 11 is 3.33. The maximum Gasteiger partial charge on any atom is 0.153 e. The van der Waals surface area contributed by atoms with Gasteiger partial charge in [0.1, 0.15) is 5.60 Å². The molecule has 3 nitrogen and oxygen atoms in total. The number of aromatic nitrogens is 1. The van der Waals surface area contributed by atoms with E-state index in [0.29, 0.717) is 11.3 Å². The number of hydrogen-bond acceptors (Lipinski definition) is 3. The van der Waals surface area contributed by atoms with Gasteiger partial charge in [-0.1, -0.05) is 6.07 Å². The molecule has 78 valence electrons. The number of nitrogens with zero attached hydrogens (tertiary/aromatic N) is 1. The molecule has 0 saturated heterocycles. The molecule has 1 atom stereocenters. The molecule has 0 saturated carbocycles. The van der Waals surface area contributed by atoms with Crippen LogP contribution in [-0.2, 0) is 5.60 Å². The highest BCUT2D eigenvalue weighted by Crippen LogP contribution is 2.34. The quantitative estimate of drug-likeness (QED) is 0.910. The maximum atomic E-state index is 10.4.